The lowest BCUT2D eigenvalue weighted by Gasteiger charge is -2.39. The highest BCUT2D eigenvalue weighted by atomic mass is 35.5. The average molecular weight is 443 g/mol. The maximum atomic E-state index is 13.3. The van der Waals surface area contributed by atoms with Crippen LogP contribution in [0.25, 0.3) is 5.76 Å². The number of nitrogens with zero attached hydrogens (tertiary/aromatic N) is 4. The number of hydrogen-bond donors (Lipinski definition) is 0. The largest absolute Gasteiger partial charge is 0.423 e. The lowest BCUT2D eigenvalue weighted by molar-refractivity contribution is -0.137. The number of urea groups is 1. The predicted molar refractivity (Wildman–Crippen MR) is 113 cm³/mol. The van der Waals surface area contributed by atoms with Gasteiger partial charge in [-0.3, -0.25) is 14.6 Å². The minimum atomic E-state index is -0.681. The molecule has 0 N–H and O–H groups in total. The van der Waals surface area contributed by atoms with Crippen LogP contribution in [0.5, 0.6) is 0 Å². The van der Waals surface area contributed by atoms with Gasteiger partial charge in [0.15, 0.2) is 18.0 Å². The van der Waals surface area contributed by atoms with E-state index in [0.29, 0.717) is 21.8 Å². The quantitative estimate of drug-likeness (QED) is 0.725. The Morgan fingerprint density at radius 3 is 2.30 bits per heavy atom. The number of ether oxygens (including phenoxy) is 1. The standard InChI is InChI=1S/C21H16Cl2N4O3/c1-25-18-17(19(28)27(21(25)29)10-12-2-6-14(22)7-3-12)26-11-16(30-20(26)24-18)13-4-8-15(23)9-5-13/h2-9,11,17-18H,10H2,1H3. The molecule has 5 rings (SSSR count). The molecular formula is C21H16Cl2N4O3. The maximum absolute atomic E-state index is 13.3. The first-order valence-electron chi connectivity index (χ1n) is 9.27. The fourth-order valence-electron chi connectivity index (χ4n) is 3.75. The van der Waals surface area contributed by atoms with Crippen LogP contribution >= 0.6 is 23.2 Å². The third-order valence-electron chi connectivity index (χ3n) is 5.33. The summed E-state index contributed by atoms with van der Waals surface area (Å²) in [6, 6.07) is 13.5. The molecule has 3 heterocycles. The van der Waals surface area contributed by atoms with Crippen LogP contribution in [-0.4, -0.2) is 51.9 Å². The number of hydrogen-bond acceptors (Lipinski definition) is 5. The summed E-state index contributed by atoms with van der Waals surface area (Å²) in [5, 5.41) is 1.21. The molecule has 7 nitrogen and oxygen atoms in total. The van der Waals surface area contributed by atoms with E-state index in [2.05, 4.69) is 4.99 Å². The predicted octanol–water partition coefficient (Wildman–Crippen LogP) is 3.78. The molecule has 9 heteroatoms. The summed E-state index contributed by atoms with van der Waals surface area (Å²) >= 11 is 11.9. The molecule has 152 valence electrons. The van der Waals surface area contributed by atoms with Gasteiger partial charge in [0, 0.05) is 22.7 Å². The molecule has 0 bridgehead atoms. The van der Waals surface area contributed by atoms with E-state index in [1.54, 1.807) is 54.5 Å². The van der Waals surface area contributed by atoms with Crippen molar-refractivity contribution in [3.63, 3.8) is 0 Å². The highest BCUT2D eigenvalue weighted by molar-refractivity contribution is 6.30. The van der Waals surface area contributed by atoms with Crippen molar-refractivity contribution >= 4 is 46.9 Å². The number of likely N-dealkylation sites (N-methyl/N-ethyl adjacent to an activating group) is 1. The van der Waals surface area contributed by atoms with Crippen LogP contribution in [0.2, 0.25) is 10.0 Å². The summed E-state index contributed by atoms with van der Waals surface area (Å²) in [4.78, 5) is 35.0. The van der Waals surface area contributed by atoms with Gasteiger partial charge in [-0.2, -0.15) is 0 Å². The third-order valence-corrected chi connectivity index (χ3v) is 5.84. The number of aliphatic imine (C=N–C) groups is 1. The first kappa shape index (κ1) is 19.0. The molecule has 0 spiro atoms. The molecule has 3 aliphatic rings. The molecule has 0 radical (unpaired) electrons. The SMILES string of the molecule is CN1C(=O)N(Cc2ccc(Cl)cc2)C(=O)C2C1N=C1OC(c3ccc(Cl)cc3)=CN12. The molecule has 2 aromatic carbocycles. The highest BCUT2D eigenvalue weighted by Gasteiger charge is 2.54. The highest BCUT2D eigenvalue weighted by Crippen LogP contribution is 2.35. The number of halogens is 2. The average Bonchev–Trinajstić information content (AvgIpc) is 3.30. The smallest absolute Gasteiger partial charge is 0.328 e. The van der Waals surface area contributed by atoms with Crippen molar-refractivity contribution in [2.75, 3.05) is 7.05 Å². The van der Waals surface area contributed by atoms with Crippen LogP contribution in [0.15, 0.2) is 59.7 Å². The Labute approximate surface area is 182 Å². The Bertz CT molecular complexity index is 1100. The number of fused-ring (bicyclic) bond motifs is 3. The molecule has 0 saturated carbocycles. The monoisotopic (exact) mass is 442 g/mol. The first-order valence-corrected chi connectivity index (χ1v) is 10.0. The van der Waals surface area contributed by atoms with Gasteiger partial charge in [0.2, 0.25) is 0 Å². The molecule has 2 atom stereocenters. The Morgan fingerprint density at radius 1 is 1.00 bits per heavy atom. The van der Waals surface area contributed by atoms with Crippen LogP contribution in [0.1, 0.15) is 11.1 Å². The topological polar surface area (TPSA) is 65.5 Å². The summed E-state index contributed by atoms with van der Waals surface area (Å²) in [6.45, 7) is 0.153. The van der Waals surface area contributed by atoms with Gasteiger partial charge in [0.1, 0.15) is 0 Å². The fraction of sp³-hybridized carbons (Fsp3) is 0.190. The minimum absolute atomic E-state index is 0.153. The van der Waals surface area contributed by atoms with Crippen LogP contribution in [-0.2, 0) is 16.1 Å². The van der Waals surface area contributed by atoms with Crippen molar-refractivity contribution in [1.29, 1.82) is 0 Å². The zero-order valence-electron chi connectivity index (χ0n) is 15.8. The Morgan fingerprint density at radius 2 is 1.63 bits per heavy atom. The van der Waals surface area contributed by atoms with Crippen molar-refractivity contribution in [2.45, 2.75) is 18.8 Å². The molecule has 1 saturated heterocycles. The number of rotatable bonds is 3. The number of amides is 3. The molecule has 2 aromatic rings. The van der Waals surface area contributed by atoms with Crippen molar-refractivity contribution in [1.82, 2.24) is 14.7 Å². The lowest BCUT2D eigenvalue weighted by Crippen LogP contribution is -2.63. The van der Waals surface area contributed by atoms with E-state index in [4.69, 9.17) is 27.9 Å². The second kappa shape index (κ2) is 7.04. The summed E-state index contributed by atoms with van der Waals surface area (Å²) in [6.07, 6.45) is 1.11. The molecular weight excluding hydrogens is 427 g/mol. The van der Waals surface area contributed by atoms with Crippen molar-refractivity contribution in [3.05, 3.63) is 75.9 Å². The van der Waals surface area contributed by atoms with Gasteiger partial charge < -0.3 is 9.64 Å². The van der Waals surface area contributed by atoms with Gasteiger partial charge in [-0.25, -0.2) is 9.79 Å². The van der Waals surface area contributed by atoms with E-state index in [0.717, 1.165) is 11.1 Å². The van der Waals surface area contributed by atoms with Crippen LogP contribution < -0.4 is 0 Å². The van der Waals surface area contributed by atoms with Crippen LogP contribution in [0.4, 0.5) is 4.79 Å². The van der Waals surface area contributed by atoms with Crippen LogP contribution in [0.3, 0.4) is 0 Å². The molecule has 3 aliphatic heterocycles. The van der Waals surface area contributed by atoms with E-state index >= 15 is 0 Å². The molecule has 0 aliphatic carbocycles. The summed E-state index contributed by atoms with van der Waals surface area (Å²) in [5.41, 5.74) is 1.63. The number of amidine groups is 1. The summed E-state index contributed by atoms with van der Waals surface area (Å²) in [7, 11) is 1.64. The van der Waals surface area contributed by atoms with E-state index in [9.17, 15) is 9.59 Å². The zero-order chi connectivity index (χ0) is 21.0. The van der Waals surface area contributed by atoms with Gasteiger partial charge >= 0.3 is 6.03 Å². The van der Waals surface area contributed by atoms with E-state index < -0.39 is 18.2 Å². The number of carbonyl (C=O) groups excluding carboxylic acids is 2. The van der Waals surface area contributed by atoms with Gasteiger partial charge in [-0.1, -0.05) is 35.3 Å². The van der Waals surface area contributed by atoms with Crippen molar-refractivity contribution in [3.8, 4) is 0 Å². The lowest BCUT2D eigenvalue weighted by atomic mass is 10.1. The fourth-order valence-corrected chi connectivity index (χ4v) is 4.00. The number of carbonyl (C=O) groups is 2. The Kier molecular flexibility index (Phi) is 4.45. The summed E-state index contributed by atoms with van der Waals surface area (Å²) < 4.78 is 5.87. The molecule has 1 fully saturated rings. The Hall–Kier alpha value is -3.03. The zero-order valence-corrected chi connectivity index (χ0v) is 17.3. The van der Waals surface area contributed by atoms with Gasteiger partial charge in [0.25, 0.3) is 11.9 Å². The Balaban J connectivity index is 1.43. The van der Waals surface area contributed by atoms with E-state index in [1.165, 1.54) is 9.80 Å². The van der Waals surface area contributed by atoms with Gasteiger partial charge in [-0.05, 0) is 42.0 Å². The molecule has 30 heavy (non-hydrogen) atoms. The second-order valence-electron chi connectivity index (χ2n) is 7.22. The second-order valence-corrected chi connectivity index (χ2v) is 8.10. The van der Waals surface area contributed by atoms with E-state index in [-0.39, 0.29) is 12.5 Å². The van der Waals surface area contributed by atoms with E-state index in [1.807, 2.05) is 12.1 Å². The van der Waals surface area contributed by atoms with Gasteiger partial charge in [0.05, 0.1) is 12.7 Å². The van der Waals surface area contributed by atoms with Gasteiger partial charge in [-0.15, -0.1) is 0 Å². The molecule has 2 unspecified atom stereocenters. The first-order chi connectivity index (χ1) is 14.4. The van der Waals surface area contributed by atoms with Crippen LogP contribution in [0, 0.1) is 0 Å². The maximum Gasteiger partial charge on any atom is 0.328 e. The molecule has 3 amide bonds. The third kappa shape index (κ3) is 3.02. The minimum Gasteiger partial charge on any atom is -0.423 e. The summed E-state index contributed by atoms with van der Waals surface area (Å²) in [5.74, 6) is 0.245. The van der Waals surface area contributed by atoms with Crippen molar-refractivity contribution < 1.29 is 14.3 Å². The normalized spacial score (nSPS) is 22.6. The van der Waals surface area contributed by atoms with Crippen molar-refractivity contribution in [2.24, 2.45) is 4.99 Å². The number of imide groups is 1. The number of benzene rings is 2. The molecule has 0 aromatic heterocycles.